The molecule has 0 spiro atoms. The zero-order valence-electron chi connectivity index (χ0n) is 14.3. The number of carboxylic acids is 1. The van der Waals surface area contributed by atoms with Crippen molar-refractivity contribution in [3.63, 3.8) is 0 Å². The second-order valence-electron chi connectivity index (χ2n) is 6.20. The number of amides is 1. The van der Waals surface area contributed by atoms with Crippen LogP contribution in [0.3, 0.4) is 0 Å². The van der Waals surface area contributed by atoms with Crippen LogP contribution in [-0.2, 0) is 9.53 Å². The minimum atomic E-state index is -0.935. The minimum absolute atomic E-state index is 0.154. The fourth-order valence-corrected chi connectivity index (χ4v) is 3.56. The Balaban J connectivity index is 2.21. The summed E-state index contributed by atoms with van der Waals surface area (Å²) in [6.07, 6.45) is 0. The van der Waals surface area contributed by atoms with E-state index < -0.39 is 17.9 Å². The fraction of sp³-hybridized carbons (Fsp3) is 0.300. The maximum absolute atomic E-state index is 13.1. The van der Waals surface area contributed by atoms with E-state index in [0.717, 1.165) is 11.1 Å². The first-order valence-electron chi connectivity index (χ1n) is 8.23. The number of benzene rings is 2. The quantitative estimate of drug-likeness (QED) is 0.909. The summed E-state index contributed by atoms with van der Waals surface area (Å²) in [7, 11) is 1.57. The molecule has 2 atom stereocenters. The van der Waals surface area contributed by atoms with E-state index in [-0.39, 0.29) is 5.91 Å². The van der Waals surface area contributed by atoms with Gasteiger partial charge in [0.05, 0.1) is 12.6 Å². The number of aliphatic carboxylic acids is 1. The number of hydrogen-bond donors (Lipinski definition) is 1. The summed E-state index contributed by atoms with van der Waals surface area (Å²) in [5.74, 6) is -1.90. The van der Waals surface area contributed by atoms with Gasteiger partial charge in [-0.05, 0) is 29.7 Å². The lowest BCUT2D eigenvalue weighted by atomic mass is 9.78. The predicted octanol–water partition coefficient (Wildman–Crippen LogP) is 3.01. The Morgan fingerprint density at radius 3 is 2.40 bits per heavy atom. The Bertz CT molecular complexity index is 802. The number of hydrogen-bond acceptors (Lipinski definition) is 3. The van der Waals surface area contributed by atoms with Crippen LogP contribution in [0, 0.1) is 6.92 Å². The van der Waals surface area contributed by atoms with Crippen molar-refractivity contribution in [1.29, 1.82) is 0 Å². The number of carbonyl (C=O) groups excluding carboxylic acids is 1. The molecule has 0 saturated carbocycles. The molecule has 2 aromatic rings. The summed E-state index contributed by atoms with van der Waals surface area (Å²) in [4.78, 5) is 26.9. The minimum Gasteiger partial charge on any atom is -0.481 e. The molecule has 1 aliphatic rings. The van der Waals surface area contributed by atoms with Crippen LogP contribution in [-0.4, -0.2) is 42.1 Å². The van der Waals surface area contributed by atoms with Crippen LogP contribution < -0.4 is 0 Å². The van der Waals surface area contributed by atoms with Crippen LogP contribution in [0.2, 0.25) is 0 Å². The third kappa shape index (κ3) is 3.03. The van der Waals surface area contributed by atoms with Crippen LogP contribution in [0.25, 0.3) is 0 Å². The van der Waals surface area contributed by atoms with E-state index in [1.807, 2.05) is 31.2 Å². The first kappa shape index (κ1) is 17.2. The first-order chi connectivity index (χ1) is 12.1. The third-order valence-corrected chi connectivity index (χ3v) is 4.75. The van der Waals surface area contributed by atoms with E-state index in [2.05, 4.69) is 0 Å². The van der Waals surface area contributed by atoms with E-state index in [1.165, 1.54) is 0 Å². The van der Waals surface area contributed by atoms with Crippen LogP contribution in [0.15, 0.2) is 48.5 Å². The fourth-order valence-electron chi connectivity index (χ4n) is 3.56. The molecule has 3 rings (SSSR count). The Hall–Kier alpha value is -2.66. The number of ether oxygens (including phenoxy) is 1. The zero-order valence-corrected chi connectivity index (χ0v) is 14.3. The van der Waals surface area contributed by atoms with Gasteiger partial charge < -0.3 is 14.7 Å². The van der Waals surface area contributed by atoms with E-state index in [4.69, 9.17) is 4.74 Å². The van der Waals surface area contributed by atoms with Crippen molar-refractivity contribution in [2.24, 2.45) is 0 Å². The van der Waals surface area contributed by atoms with Crippen LogP contribution in [0.5, 0.6) is 0 Å². The molecule has 0 unspecified atom stereocenters. The topological polar surface area (TPSA) is 66.8 Å². The summed E-state index contributed by atoms with van der Waals surface area (Å²) in [5, 5.41) is 9.97. The third-order valence-electron chi connectivity index (χ3n) is 4.75. The largest absolute Gasteiger partial charge is 0.481 e. The second kappa shape index (κ2) is 7.07. The van der Waals surface area contributed by atoms with E-state index in [1.54, 1.807) is 36.3 Å². The van der Waals surface area contributed by atoms with Gasteiger partial charge in [-0.2, -0.15) is 0 Å². The van der Waals surface area contributed by atoms with Crippen LogP contribution >= 0.6 is 0 Å². The van der Waals surface area contributed by atoms with Gasteiger partial charge in [0.15, 0.2) is 0 Å². The molecule has 0 aromatic heterocycles. The molecule has 1 heterocycles. The molecule has 5 nitrogen and oxygen atoms in total. The maximum Gasteiger partial charge on any atom is 0.313 e. The molecular weight excluding hydrogens is 318 g/mol. The molecule has 0 saturated heterocycles. The highest BCUT2D eigenvalue weighted by molar-refractivity contribution is 6.00. The molecule has 0 fully saturated rings. The number of fused-ring (bicyclic) bond motifs is 1. The zero-order chi connectivity index (χ0) is 18.0. The maximum atomic E-state index is 13.1. The number of carbonyl (C=O) groups is 2. The lowest BCUT2D eigenvalue weighted by Crippen LogP contribution is -2.46. The summed E-state index contributed by atoms with van der Waals surface area (Å²) >= 11 is 0. The molecule has 1 aliphatic heterocycles. The smallest absolute Gasteiger partial charge is 0.313 e. The first-order valence-corrected chi connectivity index (χ1v) is 8.23. The summed E-state index contributed by atoms with van der Waals surface area (Å²) in [6, 6.07) is 14.0. The summed E-state index contributed by atoms with van der Waals surface area (Å²) in [5.41, 5.74) is 2.85. The monoisotopic (exact) mass is 339 g/mol. The number of rotatable bonds is 5. The van der Waals surface area contributed by atoms with Gasteiger partial charge in [-0.15, -0.1) is 0 Å². The highest BCUT2D eigenvalue weighted by Crippen LogP contribution is 2.43. The number of methoxy groups -OCH3 is 1. The second-order valence-corrected chi connectivity index (χ2v) is 6.20. The summed E-state index contributed by atoms with van der Waals surface area (Å²) < 4.78 is 5.15. The normalized spacial score (nSPS) is 19.6. The van der Waals surface area contributed by atoms with Gasteiger partial charge >= 0.3 is 5.97 Å². The van der Waals surface area contributed by atoms with Crippen LogP contribution in [0.1, 0.15) is 39.0 Å². The molecule has 25 heavy (non-hydrogen) atoms. The Morgan fingerprint density at radius 1 is 1.12 bits per heavy atom. The van der Waals surface area contributed by atoms with Gasteiger partial charge in [0.25, 0.3) is 5.91 Å². The van der Waals surface area contributed by atoms with Gasteiger partial charge in [-0.1, -0.05) is 42.5 Å². The predicted molar refractivity (Wildman–Crippen MR) is 93.7 cm³/mol. The number of carboxylic acid groups (broad SMARTS) is 1. The molecule has 0 bridgehead atoms. The average molecular weight is 339 g/mol. The van der Waals surface area contributed by atoms with Crippen molar-refractivity contribution in [1.82, 2.24) is 4.90 Å². The van der Waals surface area contributed by atoms with Crippen molar-refractivity contribution >= 4 is 11.9 Å². The van der Waals surface area contributed by atoms with Crippen molar-refractivity contribution in [2.75, 3.05) is 20.3 Å². The molecule has 130 valence electrons. The van der Waals surface area contributed by atoms with Crippen LogP contribution in [0.4, 0.5) is 0 Å². The number of aryl methyl sites for hydroxylation is 1. The molecular formula is C20H21NO4. The van der Waals surface area contributed by atoms with Crippen molar-refractivity contribution in [3.05, 3.63) is 70.8 Å². The molecule has 0 aliphatic carbocycles. The lowest BCUT2D eigenvalue weighted by molar-refractivity contribution is -0.140. The lowest BCUT2D eigenvalue weighted by Gasteiger charge is -2.41. The molecule has 0 radical (unpaired) electrons. The Labute approximate surface area is 146 Å². The van der Waals surface area contributed by atoms with Gasteiger partial charge in [0, 0.05) is 19.2 Å². The molecule has 1 amide bonds. The van der Waals surface area contributed by atoms with E-state index in [9.17, 15) is 14.7 Å². The summed E-state index contributed by atoms with van der Waals surface area (Å²) in [6.45, 7) is 2.63. The standard InChI is InChI=1S/C20H21NO4/c1-13-7-3-4-8-14(13)18-17(20(23)24)15-9-5-6-10-16(15)19(22)21(18)11-12-25-2/h3-10,17-18H,11-12H2,1-2H3,(H,23,24)/t17-,18+/m0/s1. The van der Waals surface area contributed by atoms with E-state index in [0.29, 0.717) is 24.3 Å². The van der Waals surface area contributed by atoms with Crippen molar-refractivity contribution in [3.8, 4) is 0 Å². The highest BCUT2D eigenvalue weighted by atomic mass is 16.5. The van der Waals surface area contributed by atoms with E-state index >= 15 is 0 Å². The van der Waals surface area contributed by atoms with Crippen molar-refractivity contribution in [2.45, 2.75) is 18.9 Å². The van der Waals surface area contributed by atoms with Gasteiger partial charge in [-0.25, -0.2) is 0 Å². The average Bonchev–Trinajstić information content (AvgIpc) is 2.61. The molecule has 2 aromatic carbocycles. The Morgan fingerprint density at radius 2 is 1.76 bits per heavy atom. The molecule has 5 heteroatoms. The highest BCUT2D eigenvalue weighted by Gasteiger charge is 2.44. The van der Waals surface area contributed by atoms with Gasteiger partial charge in [0.1, 0.15) is 5.92 Å². The molecule has 1 N–H and O–H groups in total. The Kier molecular flexibility index (Phi) is 4.86. The van der Waals surface area contributed by atoms with Gasteiger partial charge in [-0.3, -0.25) is 9.59 Å². The number of nitrogens with zero attached hydrogens (tertiary/aromatic N) is 1. The SMILES string of the molecule is COCCN1C(=O)c2ccccc2[C@H](C(=O)O)[C@H]1c1ccccc1C. The van der Waals surface area contributed by atoms with Crippen molar-refractivity contribution < 1.29 is 19.4 Å². The van der Waals surface area contributed by atoms with Gasteiger partial charge in [0.2, 0.25) is 0 Å².